The predicted molar refractivity (Wildman–Crippen MR) is 73.1 cm³/mol. The summed E-state index contributed by atoms with van der Waals surface area (Å²) in [5.74, 6) is 0.864. The fourth-order valence-corrected chi connectivity index (χ4v) is 3.10. The van der Waals surface area contributed by atoms with E-state index in [9.17, 15) is 5.11 Å². The second-order valence-electron chi connectivity index (χ2n) is 5.18. The van der Waals surface area contributed by atoms with Crippen LogP contribution < -0.4 is 10.1 Å². The Balaban J connectivity index is 2.32. The maximum absolute atomic E-state index is 10.5. The summed E-state index contributed by atoms with van der Waals surface area (Å²) < 4.78 is 5.20. The Morgan fingerprint density at radius 2 is 2.06 bits per heavy atom. The molecule has 100 valence electrons. The van der Waals surface area contributed by atoms with Gasteiger partial charge in [0.25, 0.3) is 0 Å². The summed E-state index contributed by atoms with van der Waals surface area (Å²) in [4.78, 5) is 0. The van der Waals surface area contributed by atoms with E-state index in [4.69, 9.17) is 4.74 Å². The third kappa shape index (κ3) is 2.38. The van der Waals surface area contributed by atoms with Gasteiger partial charge in [0.2, 0.25) is 0 Å². The first-order chi connectivity index (χ1) is 8.73. The van der Waals surface area contributed by atoms with Gasteiger partial charge in [-0.3, -0.25) is 0 Å². The molecule has 0 radical (unpaired) electrons. The fraction of sp³-hybridized carbons (Fsp3) is 0.600. The molecule has 0 bridgehead atoms. The molecular weight excluding hydrogens is 226 g/mol. The molecule has 3 heteroatoms. The first-order valence-electron chi connectivity index (χ1n) is 6.70. The van der Waals surface area contributed by atoms with Crippen LogP contribution in [0.4, 0.5) is 0 Å². The van der Waals surface area contributed by atoms with Gasteiger partial charge in [0.05, 0.1) is 13.2 Å². The van der Waals surface area contributed by atoms with E-state index in [0.29, 0.717) is 0 Å². The first kappa shape index (κ1) is 13.4. The predicted octanol–water partition coefficient (Wildman–Crippen LogP) is 2.09. The lowest BCUT2D eigenvalue weighted by Gasteiger charge is -2.42. The lowest BCUT2D eigenvalue weighted by Crippen LogP contribution is -2.48. The summed E-state index contributed by atoms with van der Waals surface area (Å²) in [6.07, 6.45) is 4.00. The van der Waals surface area contributed by atoms with E-state index in [0.717, 1.165) is 31.6 Å². The van der Waals surface area contributed by atoms with Crippen LogP contribution in [0.1, 0.15) is 31.2 Å². The van der Waals surface area contributed by atoms with Gasteiger partial charge in [0.15, 0.2) is 0 Å². The molecular formula is C15H23NO2. The van der Waals surface area contributed by atoms with Crippen LogP contribution in [0.5, 0.6) is 5.75 Å². The van der Waals surface area contributed by atoms with E-state index >= 15 is 0 Å². The highest BCUT2D eigenvalue weighted by molar-refractivity contribution is 5.34. The molecule has 0 saturated heterocycles. The van der Waals surface area contributed by atoms with Gasteiger partial charge in [-0.1, -0.05) is 25.0 Å². The monoisotopic (exact) mass is 249 g/mol. The van der Waals surface area contributed by atoms with Gasteiger partial charge in [-0.2, -0.15) is 0 Å². The van der Waals surface area contributed by atoms with E-state index < -0.39 is 0 Å². The molecule has 18 heavy (non-hydrogen) atoms. The Morgan fingerprint density at radius 1 is 1.33 bits per heavy atom. The Morgan fingerprint density at radius 3 is 2.61 bits per heavy atom. The maximum Gasteiger partial charge on any atom is 0.118 e. The largest absolute Gasteiger partial charge is 0.497 e. The minimum absolute atomic E-state index is 0.140. The van der Waals surface area contributed by atoms with Crippen molar-refractivity contribution in [3.8, 4) is 5.75 Å². The summed E-state index contributed by atoms with van der Waals surface area (Å²) in [6.45, 7) is 0.820. The fourth-order valence-electron chi connectivity index (χ4n) is 3.10. The van der Waals surface area contributed by atoms with Crippen LogP contribution >= 0.6 is 0 Å². The van der Waals surface area contributed by atoms with Gasteiger partial charge in [-0.25, -0.2) is 0 Å². The second-order valence-corrected chi connectivity index (χ2v) is 5.18. The average Bonchev–Trinajstić information content (AvgIpc) is 2.42. The third-order valence-corrected chi connectivity index (χ3v) is 4.15. The molecule has 1 aliphatic carbocycles. The molecule has 2 rings (SSSR count). The Bertz CT molecular complexity index is 373. The van der Waals surface area contributed by atoms with Gasteiger partial charge in [0.1, 0.15) is 5.75 Å². The lowest BCUT2D eigenvalue weighted by atomic mass is 9.67. The van der Waals surface area contributed by atoms with Gasteiger partial charge in [-0.15, -0.1) is 0 Å². The molecule has 1 saturated carbocycles. The van der Waals surface area contributed by atoms with Gasteiger partial charge in [-0.05, 0) is 37.6 Å². The standard InChI is InChI=1S/C15H23NO2/c1-16-11-15(10-4-3-5-14(15)17)12-6-8-13(18-2)9-7-12/h6-9,14,16-17H,3-5,10-11H2,1-2H3/t14-,15+/m1/s1. The zero-order valence-electron chi connectivity index (χ0n) is 11.3. The van der Waals surface area contributed by atoms with E-state index in [1.807, 2.05) is 19.2 Å². The van der Waals surface area contributed by atoms with Gasteiger partial charge in [0, 0.05) is 12.0 Å². The molecule has 1 aliphatic rings. The molecule has 2 atom stereocenters. The zero-order chi connectivity index (χ0) is 13.0. The highest BCUT2D eigenvalue weighted by Gasteiger charge is 2.40. The van der Waals surface area contributed by atoms with E-state index in [2.05, 4.69) is 17.4 Å². The summed E-state index contributed by atoms with van der Waals surface area (Å²) in [5, 5.41) is 13.7. The van der Waals surface area contributed by atoms with Crippen LogP contribution in [0.25, 0.3) is 0 Å². The van der Waals surface area contributed by atoms with Crippen molar-refractivity contribution in [1.29, 1.82) is 0 Å². The minimum atomic E-state index is -0.257. The molecule has 0 amide bonds. The number of hydrogen-bond acceptors (Lipinski definition) is 3. The summed E-state index contributed by atoms with van der Waals surface area (Å²) in [7, 11) is 3.63. The molecule has 0 aliphatic heterocycles. The Kier molecular flexibility index (Phi) is 4.25. The number of nitrogens with one attached hydrogen (secondary N) is 1. The average molecular weight is 249 g/mol. The SMILES string of the molecule is CNC[C@]1(c2ccc(OC)cc2)CCCC[C@H]1O. The quantitative estimate of drug-likeness (QED) is 0.858. The number of methoxy groups -OCH3 is 1. The van der Waals surface area contributed by atoms with Crippen LogP contribution in [0, 0.1) is 0 Å². The zero-order valence-corrected chi connectivity index (χ0v) is 11.3. The molecule has 3 nitrogen and oxygen atoms in total. The van der Waals surface area contributed by atoms with Crippen molar-refractivity contribution in [2.24, 2.45) is 0 Å². The molecule has 1 fully saturated rings. The molecule has 2 N–H and O–H groups in total. The third-order valence-electron chi connectivity index (χ3n) is 4.15. The maximum atomic E-state index is 10.5. The smallest absolute Gasteiger partial charge is 0.118 e. The summed E-state index contributed by atoms with van der Waals surface area (Å²) >= 11 is 0. The van der Waals surface area contributed by atoms with Crippen LogP contribution in [0.15, 0.2) is 24.3 Å². The highest BCUT2D eigenvalue weighted by atomic mass is 16.5. The summed E-state index contributed by atoms with van der Waals surface area (Å²) in [6, 6.07) is 8.14. The van der Waals surface area contributed by atoms with E-state index in [-0.39, 0.29) is 11.5 Å². The van der Waals surface area contributed by atoms with Crippen molar-refractivity contribution < 1.29 is 9.84 Å². The Labute approximate surface area is 109 Å². The molecule has 1 aromatic carbocycles. The number of aliphatic hydroxyl groups is 1. The Hall–Kier alpha value is -1.06. The minimum Gasteiger partial charge on any atom is -0.497 e. The number of hydrogen-bond donors (Lipinski definition) is 2. The van der Waals surface area contributed by atoms with Crippen molar-refractivity contribution in [3.63, 3.8) is 0 Å². The number of aliphatic hydroxyl groups excluding tert-OH is 1. The summed E-state index contributed by atoms with van der Waals surface area (Å²) in [5.41, 5.74) is 1.07. The van der Waals surface area contributed by atoms with Crippen molar-refractivity contribution in [3.05, 3.63) is 29.8 Å². The number of likely N-dealkylation sites (N-methyl/N-ethyl adjacent to an activating group) is 1. The van der Waals surface area contributed by atoms with E-state index in [1.165, 1.54) is 12.0 Å². The van der Waals surface area contributed by atoms with Crippen molar-refractivity contribution >= 4 is 0 Å². The topological polar surface area (TPSA) is 41.5 Å². The molecule has 0 aromatic heterocycles. The molecule has 0 heterocycles. The van der Waals surface area contributed by atoms with Crippen LogP contribution in [-0.2, 0) is 5.41 Å². The number of rotatable bonds is 4. The lowest BCUT2D eigenvalue weighted by molar-refractivity contribution is 0.0424. The van der Waals surface area contributed by atoms with Gasteiger partial charge < -0.3 is 15.2 Å². The van der Waals surface area contributed by atoms with Crippen molar-refractivity contribution in [1.82, 2.24) is 5.32 Å². The normalized spacial score (nSPS) is 28.1. The molecule has 0 spiro atoms. The highest BCUT2D eigenvalue weighted by Crippen LogP contribution is 2.39. The van der Waals surface area contributed by atoms with Crippen LogP contribution in [0.2, 0.25) is 0 Å². The second kappa shape index (κ2) is 5.72. The number of benzene rings is 1. The van der Waals surface area contributed by atoms with E-state index in [1.54, 1.807) is 7.11 Å². The molecule has 0 unspecified atom stereocenters. The molecule has 1 aromatic rings. The van der Waals surface area contributed by atoms with Gasteiger partial charge >= 0.3 is 0 Å². The van der Waals surface area contributed by atoms with Crippen molar-refractivity contribution in [2.45, 2.75) is 37.2 Å². The van der Waals surface area contributed by atoms with Crippen molar-refractivity contribution in [2.75, 3.05) is 20.7 Å². The number of ether oxygens (including phenoxy) is 1. The first-order valence-corrected chi connectivity index (χ1v) is 6.70. The van der Waals surface area contributed by atoms with Crippen LogP contribution in [0.3, 0.4) is 0 Å². The van der Waals surface area contributed by atoms with Crippen LogP contribution in [-0.4, -0.2) is 31.9 Å².